The molecule has 1 unspecified atom stereocenters. The molecule has 2 heterocycles. The van der Waals surface area contributed by atoms with Crippen LogP contribution >= 0.6 is 11.3 Å². The number of hydrogen-bond acceptors (Lipinski definition) is 3. The van der Waals surface area contributed by atoms with E-state index < -0.39 is 0 Å². The van der Waals surface area contributed by atoms with E-state index in [2.05, 4.69) is 48.0 Å². The Morgan fingerprint density at radius 3 is 3.00 bits per heavy atom. The van der Waals surface area contributed by atoms with Crippen LogP contribution in [0.3, 0.4) is 0 Å². The lowest BCUT2D eigenvalue weighted by atomic mass is 10.0. The minimum absolute atomic E-state index is 0.230. The van der Waals surface area contributed by atoms with Gasteiger partial charge in [0.25, 0.3) is 0 Å². The van der Waals surface area contributed by atoms with Crippen LogP contribution in [-0.2, 0) is 17.6 Å². The number of aryl methyl sites for hydroxylation is 1. The number of nitrogens with one attached hydrogen (secondary N) is 1. The molecule has 1 aliphatic heterocycles. The van der Waals surface area contributed by atoms with Crippen LogP contribution in [0.1, 0.15) is 30.2 Å². The molecule has 1 aliphatic rings. The SMILES string of the molecule is CC(Cc1cccs1)NCCC(=O)N1CCCc2ccccc21. The third kappa shape index (κ3) is 4.21. The molecule has 0 radical (unpaired) electrons. The van der Waals surface area contributed by atoms with Crippen molar-refractivity contribution in [3.63, 3.8) is 0 Å². The fourth-order valence-corrected chi connectivity index (χ4v) is 3.99. The number of anilines is 1. The van der Waals surface area contributed by atoms with Crippen molar-refractivity contribution in [2.75, 3.05) is 18.0 Å². The van der Waals surface area contributed by atoms with Gasteiger partial charge in [-0.1, -0.05) is 24.3 Å². The third-order valence-electron chi connectivity index (χ3n) is 4.33. The first kappa shape index (κ1) is 16.2. The molecule has 23 heavy (non-hydrogen) atoms. The molecule has 1 amide bonds. The first-order valence-electron chi connectivity index (χ1n) is 8.38. The summed E-state index contributed by atoms with van der Waals surface area (Å²) < 4.78 is 0. The van der Waals surface area contributed by atoms with Crippen LogP contribution in [0.25, 0.3) is 0 Å². The number of amides is 1. The average Bonchev–Trinajstić information content (AvgIpc) is 3.07. The highest BCUT2D eigenvalue weighted by atomic mass is 32.1. The summed E-state index contributed by atoms with van der Waals surface area (Å²) in [6, 6.07) is 12.9. The minimum Gasteiger partial charge on any atom is -0.313 e. The van der Waals surface area contributed by atoms with Crippen LogP contribution < -0.4 is 10.2 Å². The van der Waals surface area contributed by atoms with Gasteiger partial charge in [0.05, 0.1) is 0 Å². The first-order chi connectivity index (χ1) is 11.2. The van der Waals surface area contributed by atoms with Gasteiger partial charge in [0.15, 0.2) is 0 Å². The highest BCUT2D eigenvalue weighted by Crippen LogP contribution is 2.27. The number of benzene rings is 1. The average molecular weight is 328 g/mol. The molecule has 4 heteroatoms. The monoisotopic (exact) mass is 328 g/mol. The van der Waals surface area contributed by atoms with Crippen LogP contribution in [-0.4, -0.2) is 25.0 Å². The summed E-state index contributed by atoms with van der Waals surface area (Å²) >= 11 is 1.79. The van der Waals surface area contributed by atoms with E-state index in [1.807, 2.05) is 11.0 Å². The van der Waals surface area contributed by atoms with E-state index >= 15 is 0 Å². The molecule has 3 nitrogen and oxygen atoms in total. The maximum atomic E-state index is 12.5. The normalized spacial score (nSPS) is 15.3. The lowest BCUT2D eigenvalue weighted by Gasteiger charge is -2.29. The predicted octanol–water partition coefficient (Wildman–Crippen LogP) is 3.64. The van der Waals surface area contributed by atoms with Crippen molar-refractivity contribution >= 4 is 22.9 Å². The molecule has 1 atom stereocenters. The second-order valence-electron chi connectivity index (χ2n) is 6.17. The van der Waals surface area contributed by atoms with Crippen molar-refractivity contribution in [2.45, 2.75) is 38.6 Å². The number of carbonyl (C=O) groups is 1. The third-order valence-corrected chi connectivity index (χ3v) is 5.23. The van der Waals surface area contributed by atoms with Crippen molar-refractivity contribution in [1.29, 1.82) is 0 Å². The quantitative estimate of drug-likeness (QED) is 0.878. The standard InChI is InChI=1S/C19H24N2OS/c1-15(14-17-8-5-13-23-17)20-11-10-19(22)21-12-4-7-16-6-2-3-9-18(16)21/h2-3,5-6,8-9,13,15,20H,4,7,10-12,14H2,1H3. The number of hydrogen-bond donors (Lipinski definition) is 1. The summed E-state index contributed by atoms with van der Waals surface area (Å²) in [7, 11) is 0. The Bertz CT molecular complexity index is 639. The van der Waals surface area contributed by atoms with Gasteiger partial charge in [-0.25, -0.2) is 0 Å². The first-order valence-corrected chi connectivity index (χ1v) is 9.26. The molecule has 0 spiro atoms. The van der Waals surface area contributed by atoms with Gasteiger partial charge in [0.1, 0.15) is 0 Å². The van der Waals surface area contributed by atoms with Crippen LogP contribution in [0, 0.1) is 0 Å². The van der Waals surface area contributed by atoms with E-state index in [1.165, 1.54) is 10.4 Å². The van der Waals surface area contributed by atoms with Gasteiger partial charge in [-0.05, 0) is 49.3 Å². The predicted molar refractivity (Wildman–Crippen MR) is 97.2 cm³/mol. The highest BCUT2D eigenvalue weighted by molar-refractivity contribution is 7.09. The van der Waals surface area contributed by atoms with Crippen LogP contribution in [0.2, 0.25) is 0 Å². The minimum atomic E-state index is 0.230. The molecule has 3 rings (SSSR count). The Kier molecular flexibility index (Phi) is 5.47. The second-order valence-corrected chi connectivity index (χ2v) is 7.20. The van der Waals surface area contributed by atoms with Crippen molar-refractivity contribution < 1.29 is 4.79 Å². The zero-order valence-corrected chi connectivity index (χ0v) is 14.4. The van der Waals surface area contributed by atoms with E-state index in [1.54, 1.807) is 11.3 Å². The lowest BCUT2D eigenvalue weighted by Crippen LogP contribution is -2.38. The summed E-state index contributed by atoms with van der Waals surface area (Å²) in [6.45, 7) is 3.77. The molecule has 1 aromatic carbocycles. The van der Waals surface area contributed by atoms with E-state index in [4.69, 9.17) is 0 Å². The summed E-state index contributed by atoms with van der Waals surface area (Å²) in [5.41, 5.74) is 2.40. The molecule has 1 aromatic heterocycles. The number of carbonyl (C=O) groups excluding carboxylic acids is 1. The van der Waals surface area contributed by atoms with Gasteiger partial charge in [-0.2, -0.15) is 0 Å². The number of fused-ring (bicyclic) bond motifs is 1. The van der Waals surface area contributed by atoms with Gasteiger partial charge in [0.2, 0.25) is 5.91 Å². The molecule has 0 aliphatic carbocycles. The summed E-state index contributed by atoms with van der Waals surface area (Å²) in [5.74, 6) is 0.230. The number of rotatable bonds is 6. The van der Waals surface area contributed by atoms with E-state index in [0.29, 0.717) is 12.5 Å². The van der Waals surface area contributed by atoms with E-state index in [9.17, 15) is 4.79 Å². The smallest absolute Gasteiger partial charge is 0.228 e. The van der Waals surface area contributed by atoms with Crippen LogP contribution in [0.15, 0.2) is 41.8 Å². The Morgan fingerprint density at radius 2 is 2.17 bits per heavy atom. The summed E-state index contributed by atoms with van der Waals surface area (Å²) in [6.07, 6.45) is 3.72. The zero-order valence-electron chi connectivity index (χ0n) is 13.6. The number of nitrogens with zero attached hydrogens (tertiary/aromatic N) is 1. The lowest BCUT2D eigenvalue weighted by molar-refractivity contribution is -0.118. The molecular weight excluding hydrogens is 304 g/mol. The fraction of sp³-hybridized carbons (Fsp3) is 0.421. The van der Waals surface area contributed by atoms with Crippen molar-refractivity contribution in [3.8, 4) is 0 Å². The van der Waals surface area contributed by atoms with Crippen LogP contribution in [0.4, 0.5) is 5.69 Å². The van der Waals surface area contributed by atoms with Crippen molar-refractivity contribution in [3.05, 3.63) is 52.2 Å². The number of thiophene rings is 1. The van der Waals surface area contributed by atoms with Crippen molar-refractivity contribution in [2.24, 2.45) is 0 Å². The van der Waals surface area contributed by atoms with Crippen LogP contribution in [0.5, 0.6) is 0 Å². The molecule has 0 saturated heterocycles. The molecule has 1 N–H and O–H groups in total. The topological polar surface area (TPSA) is 32.3 Å². The molecule has 2 aromatic rings. The summed E-state index contributed by atoms with van der Waals surface area (Å²) in [5, 5.41) is 5.58. The molecule has 122 valence electrons. The Morgan fingerprint density at radius 1 is 1.30 bits per heavy atom. The maximum Gasteiger partial charge on any atom is 0.228 e. The largest absolute Gasteiger partial charge is 0.313 e. The zero-order chi connectivity index (χ0) is 16.1. The highest BCUT2D eigenvalue weighted by Gasteiger charge is 2.21. The van der Waals surface area contributed by atoms with E-state index in [-0.39, 0.29) is 5.91 Å². The van der Waals surface area contributed by atoms with Gasteiger partial charge in [-0.15, -0.1) is 11.3 Å². The van der Waals surface area contributed by atoms with Gasteiger partial charge < -0.3 is 10.2 Å². The Hall–Kier alpha value is -1.65. The van der Waals surface area contributed by atoms with Gasteiger partial charge in [-0.3, -0.25) is 4.79 Å². The molecule has 0 fully saturated rings. The molecule has 0 bridgehead atoms. The maximum absolute atomic E-state index is 12.5. The van der Waals surface area contributed by atoms with E-state index in [0.717, 1.165) is 38.0 Å². The molecule has 0 saturated carbocycles. The van der Waals surface area contributed by atoms with Crippen molar-refractivity contribution in [1.82, 2.24) is 5.32 Å². The molecular formula is C19H24N2OS. The van der Waals surface area contributed by atoms with Gasteiger partial charge >= 0.3 is 0 Å². The Balaban J connectivity index is 1.48. The fourth-order valence-electron chi connectivity index (χ4n) is 3.16. The number of para-hydroxylation sites is 1. The summed E-state index contributed by atoms with van der Waals surface area (Å²) in [4.78, 5) is 15.9. The van der Waals surface area contributed by atoms with Gasteiger partial charge in [0, 0.05) is 36.1 Å². The second kappa shape index (κ2) is 7.75. The Labute approximate surface area is 142 Å².